The first kappa shape index (κ1) is 20.9. The average Bonchev–Trinajstić information content (AvgIpc) is 2.63. The first-order valence-corrected chi connectivity index (χ1v) is 8.50. The lowest BCUT2D eigenvalue weighted by molar-refractivity contribution is -0.575. The molecule has 1 unspecified atom stereocenters. The zero-order valence-corrected chi connectivity index (χ0v) is 15.6. The first-order chi connectivity index (χ1) is 13.2. The van der Waals surface area contributed by atoms with Crippen molar-refractivity contribution in [3.63, 3.8) is 0 Å². The molecule has 150 valence electrons. The van der Waals surface area contributed by atoms with Crippen molar-refractivity contribution in [2.24, 2.45) is 5.92 Å². The molecule has 0 aliphatic heterocycles. The monoisotopic (exact) mass is 392 g/mol. The quantitative estimate of drug-likeness (QED) is 0.233. The highest BCUT2D eigenvalue weighted by molar-refractivity contribution is 5.78. The minimum Gasteiger partial charge on any atom is -0.740 e. The Morgan fingerprint density at radius 1 is 1.29 bits per heavy atom. The minimum atomic E-state index is -0.866. The number of hydrogen-bond donors (Lipinski definition) is 2. The van der Waals surface area contributed by atoms with E-state index in [1.54, 1.807) is 0 Å². The van der Waals surface area contributed by atoms with Crippen molar-refractivity contribution in [2.75, 3.05) is 17.7 Å². The molecule has 2 rings (SSSR count). The Kier molecular flexibility index (Phi) is 6.69. The van der Waals surface area contributed by atoms with Crippen LogP contribution in [0.5, 0.6) is 0 Å². The third kappa shape index (κ3) is 5.29. The zero-order chi connectivity index (χ0) is 20.8. The molecular weight excluding hydrogens is 371 g/mol. The fraction of sp³-hybridized carbons (Fsp3) is 0.333. The molecule has 28 heavy (non-hydrogen) atoms. The average molecular weight is 392 g/mol. The molecule has 0 aliphatic rings. The summed E-state index contributed by atoms with van der Waals surface area (Å²) in [5, 5.41) is 29.3. The smallest absolute Gasteiger partial charge is 0.343 e. The second-order valence-corrected chi connectivity index (χ2v) is 6.52. The van der Waals surface area contributed by atoms with Gasteiger partial charge in [-0.1, -0.05) is 19.9 Å². The number of carbonyl (C=O) groups excluding carboxylic acids is 1. The normalized spacial score (nSPS) is 11.8. The number of carbonyl (C=O) groups is 1. The summed E-state index contributed by atoms with van der Waals surface area (Å²) in [6.07, 6.45) is 0.349. The molecule has 0 radical (unpaired) electrons. The molecule has 0 saturated carbocycles. The van der Waals surface area contributed by atoms with Crippen LogP contribution in [0, 0.1) is 27.1 Å². The highest BCUT2D eigenvalue weighted by atomic mass is 19.1. The molecule has 1 atom stereocenters. The summed E-state index contributed by atoms with van der Waals surface area (Å²) in [4.78, 5) is 22.6. The summed E-state index contributed by atoms with van der Waals surface area (Å²) in [5.41, 5.74) is -0.135. The number of ether oxygens (including phenoxy) is 1. The molecule has 2 aromatic rings. The van der Waals surface area contributed by atoms with Crippen molar-refractivity contribution in [3.05, 3.63) is 57.5 Å². The predicted molar refractivity (Wildman–Crippen MR) is 101 cm³/mol. The van der Waals surface area contributed by atoms with Gasteiger partial charge in [0.2, 0.25) is 11.6 Å². The lowest BCUT2D eigenvalue weighted by Gasteiger charge is -2.20. The van der Waals surface area contributed by atoms with Gasteiger partial charge >= 0.3 is 5.97 Å². The fourth-order valence-electron chi connectivity index (χ4n) is 2.58. The Morgan fingerprint density at radius 2 is 1.96 bits per heavy atom. The summed E-state index contributed by atoms with van der Waals surface area (Å²) in [7, 11) is 1.22. The Bertz CT molecular complexity index is 875. The molecule has 9 nitrogen and oxygen atoms in total. The Hall–Kier alpha value is -3.43. The van der Waals surface area contributed by atoms with E-state index in [2.05, 4.69) is 10.6 Å². The van der Waals surface area contributed by atoms with Gasteiger partial charge in [0.1, 0.15) is 5.82 Å². The third-order valence-corrected chi connectivity index (χ3v) is 3.83. The van der Waals surface area contributed by atoms with Gasteiger partial charge in [0.25, 0.3) is 5.69 Å². The number of anilines is 3. The highest BCUT2D eigenvalue weighted by Gasteiger charge is 2.26. The van der Waals surface area contributed by atoms with Crippen LogP contribution in [0.4, 0.5) is 27.4 Å². The summed E-state index contributed by atoms with van der Waals surface area (Å²) in [6, 6.07) is 6.49. The van der Waals surface area contributed by atoms with E-state index < -0.39 is 22.8 Å². The maximum absolute atomic E-state index is 13.4. The largest absolute Gasteiger partial charge is 0.740 e. The number of nitro groups is 1. The van der Waals surface area contributed by atoms with Crippen molar-refractivity contribution < 1.29 is 23.6 Å². The highest BCUT2D eigenvalue weighted by Crippen LogP contribution is 2.23. The van der Waals surface area contributed by atoms with Crippen LogP contribution in [0.15, 0.2) is 36.4 Å². The van der Waals surface area contributed by atoms with Crippen molar-refractivity contribution in [1.29, 1.82) is 0 Å². The lowest BCUT2D eigenvalue weighted by atomic mass is 10.0. The molecular formula is C18H21FN4O5. The van der Waals surface area contributed by atoms with Crippen LogP contribution in [0.3, 0.4) is 0 Å². The lowest BCUT2D eigenvalue weighted by Crippen LogP contribution is -2.40. The molecule has 1 aromatic carbocycles. The second kappa shape index (κ2) is 8.98. The molecule has 0 amide bonds. The van der Waals surface area contributed by atoms with Crippen LogP contribution in [-0.2, 0) is 9.53 Å². The topological polar surface area (TPSA) is 120 Å². The van der Waals surface area contributed by atoms with Gasteiger partial charge in [-0.05, 0) is 24.5 Å². The molecule has 0 spiro atoms. The van der Waals surface area contributed by atoms with Crippen molar-refractivity contribution in [1.82, 2.24) is 0 Å². The third-order valence-electron chi connectivity index (χ3n) is 3.83. The molecule has 0 fully saturated rings. The maximum Gasteiger partial charge on any atom is 0.343 e. The van der Waals surface area contributed by atoms with E-state index in [1.165, 1.54) is 25.3 Å². The number of halogens is 1. The van der Waals surface area contributed by atoms with Crippen molar-refractivity contribution in [3.8, 4) is 0 Å². The molecule has 0 saturated heterocycles. The van der Waals surface area contributed by atoms with E-state index >= 15 is 0 Å². The first-order valence-electron chi connectivity index (χ1n) is 8.50. The van der Waals surface area contributed by atoms with E-state index in [1.807, 2.05) is 13.8 Å². The zero-order valence-electron chi connectivity index (χ0n) is 15.6. The van der Waals surface area contributed by atoms with E-state index in [0.29, 0.717) is 11.2 Å². The van der Waals surface area contributed by atoms with E-state index in [-0.39, 0.29) is 28.9 Å². The van der Waals surface area contributed by atoms with Gasteiger partial charge in [-0.3, -0.25) is 20.7 Å². The van der Waals surface area contributed by atoms with Gasteiger partial charge in [-0.25, -0.2) is 13.9 Å². The van der Waals surface area contributed by atoms with E-state index in [4.69, 9.17) is 4.74 Å². The van der Waals surface area contributed by atoms with E-state index in [0.717, 1.165) is 18.2 Å². The summed E-state index contributed by atoms with van der Waals surface area (Å²) < 4.78 is 18.5. The Labute approximate surface area is 160 Å². The maximum atomic E-state index is 13.4. The standard InChI is InChI=1S/C18H21FN4O5/c1-11(2)7-15(18(24)28-3)21-17-10-14(23(26)27)9-16(22(17)25)20-13-6-4-5-12(19)8-13/h4-6,8-11,15,20-21H,7H2,1-3H3. The van der Waals surface area contributed by atoms with Crippen LogP contribution in [0.1, 0.15) is 20.3 Å². The van der Waals surface area contributed by atoms with Gasteiger partial charge in [0, 0.05) is 6.07 Å². The molecule has 1 heterocycles. The summed E-state index contributed by atoms with van der Waals surface area (Å²) in [5.74, 6) is -1.44. The summed E-state index contributed by atoms with van der Waals surface area (Å²) in [6.45, 7) is 3.76. The van der Waals surface area contributed by atoms with Crippen LogP contribution in [0.2, 0.25) is 0 Å². The molecule has 0 bridgehead atoms. The van der Waals surface area contributed by atoms with E-state index in [9.17, 15) is 24.5 Å². The molecule has 2 N–H and O–H groups in total. The second-order valence-electron chi connectivity index (χ2n) is 6.52. The molecule has 10 heteroatoms. The fourth-order valence-corrected chi connectivity index (χ4v) is 2.58. The predicted octanol–water partition coefficient (Wildman–Crippen LogP) is 3.11. The number of nitrogens with zero attached hydrogens (tertiary/aromatic N) is 2. The van der Waals surface area contributed by atoms with Crippen LogP contribution < -0.4 is 15.4 Å². The number of pyridine rings is 1. The number of benzene rings is 1. The van der Waals surface area contributed by atoms with Crippen molar-refractivity contribution >= 4 is 29.0 Å². The number of esters is 1. The summed E-state index contributed by atoms with van der Waals surface area (Å²) >= 11 is 0. The van der Waals surface area contributed by atoms with Crippen molar-refractivity contribution in [2.45, 2.75) is 26.3 Å². The van der Waals surface area contributed by atoms with Crippen LogP contribution in [-0.4, -0.2) is 24.0 Å². The molecule has 0 aliphatic carbocycles. The van der Waals surface area contributed by atoms with Gasteiger partial charge in [0.05, 0.1) is 29.9 Å². The number of methoxy groups -OCH3 is 1. The minimum absolute atomic E-state index is 0.0975. The van der Waals surface area contributed by atoms with Gasteiger partial charge < -0.3 is 9.94 Å². The van der Waals surface area contributed by atoms with Crippen LogP contribution in [0.25, 0.3) is 0 Å². The van der Waals surface area contributed by atoms with Gasteiger partial charge in [0.15, 0.2) is 6.04 Å². The number of aromatic nitrogens is 1. The van der Waals surface area contributed by atoms with Crippen LogP contribution >= 0.6 is 0 Å². The Morgan fingerprint density at radius 3 is 2.54 bits per heavy atom. The van der Waals surface area contributed by atoms with Gasteiger partial charge in [-0.15, -0.1) is 0 Å². The molecule has 1 aromatic heterocycles. The number of rotatable bonds is 8. The Balaban J connectivity index is 2.43. The SMILES string of the molecule is COC(=O)C(CC(C)C)Nc1cc([N+](=O)[O-])cc(Nc2cccc(F)c2)[n+]1[O-]. The number of hydrogen-bond acceptors (Lipinski definition) is 7. The van der Waals surface area contributed by atoms with Gasteiger partial charge in [-0.2, -0.15) is 0 Å². The number of nitrogens with one attached hydrogen (secondary N) is 2.